The number of fused-ring (bicyclic) bond motifs is 5. The molecule has 2 aliphatic heterocycles. The molecule has 206 valence electrons. The van der Waals surface area contributed by atoms with Crippen LogP contribution in [0.15, 0.2) is 60.7 Å². The minimum absolute atomic E-state index is 0.108. The summed E-state index contributed by atoms with van der Waals surface area (Å²) in [6, 6.07) is 18.0. The van der Waals surface area contributed by atoms with E-state index in [9.17, 15) is 14.0 Å². The van der Waals surface area contributed by atoms with Crippen LogP contribution in [-0.4, -0.2) is 53.4 Å². The topological polar surface area (TPSA) is 74.9 Å². The fraction of sp³-hybridized carbons (Fsp3) is 0.290. The number of piperazine rings is 1. The van der Waals surface area contributed by atoms with Crippen LogP contribution >= 0.6 is 11.6 Å². The molecule has 1 aromatic heterocycles. The zero-order valence-corrected chi connectivity index (χ0v) is 23.2. The van der Waals surface area contributed by atoms with Gasteiger partial charge in [0, 0.05) is 39.5 Å². The van der Waals surface area contributed by atoms with Gasteiger partial charge < -0.3 is 24.3 Å². The summed E-state index contributed by atoms with van der Waals surface area (Å²) in [7, 11) is 1.60. The van der Waals surface area contributed by atoms with Gasteiger partial charge in [-0.2, -0.15) is 0 Å². The first-order valence-electron chi connectivity index (χ1n) is 13.2. The van der Waals surface area contributed by atoms with Crippen LogP contribution in [0.25, 0.3) is 10.9 Å². The van der Waals surface area contributed by atoms with Crippen molar-refractivity contribution in [2.24, 2.45) is 0 Å². The fourth-order valence-electron chi connectivity index (χ4n) is 6.23. The molecular formula is C31H29ClFN3O4. The molecule has 9 heteroatoms. The Morgan fingerprint density at radius 3 is 2.62 bits per heavy atom. The van der Waals surface area contributed by atoms with Gasteiger partial charge in [0.15, 0.2) is 17.0 Å². The third kappa shape index (κ3) is 3.84. The SMILES string of the molecule is CCOc1c(OC)cccc1[C@H]1CN2C(=O)CN(Cc3c(F)cccc3Cl)C(=O)[C@]2(C)c2[nH]c3ccccc3c21. The van der Waals surface area contributed by atoms with Crippen LogP contribution in [0.4, 0.5) is 4.39 Å². The number of carbonyl (C=O) groups excluding carboxylic acids is 2. The van der Waals surface area contributed by atoms with Crippen molar-refractivity contribution in [3.8, 4) is 11.5 Å². The van der Waals surface area contributed by atoms with Crippen LogP contribution in [-0.2, 0) is 21.7 Å². The lowest BCUT2D eigenvalue weighted by molar-refractivity contribution is -0.167. The third-order valence-corrected chi connectivity index (χ3v) is 8.48. The van der Waals surface area contributed by atoms with E-state index in [2.05, 4.69) is 4.98 Å². The molecule has 3 aromatic carbocycles. The molecule has 0 bridgehead atoms. The highest BCUT2D eigenvalue weighted by atomic mass is 35.5. The number of H-pyrrole nitrogens is 1. The lowest BCUT2D eigenvalue weighted by Gasteiger charge is -2.51. The predicted octanol–water partition coefficient (Wildman–Crippen LogP) is 5.60. The lowest BCUT2D eigenvalue weighted by Crippen LogP contribution is -2.67. The van der Waals surface area contributed by atoms with Crippen molar-refractivity contribution in [1.82, 2.24) is 14.8 Å². The van der Waals surface area contributed by atoms with Gasteiger partial charge in [-0.1, -0.05) is 48.0 Å². The van der Waals surface area contributed by atoms with Crippen LogP contribution in [0.2, 0.25) is 5.02 Å². The number of carbonyl (C=O) groups is 2. The minimum Gasteiger partial charge on any atom is -0.493 e. The van der Waals surface area contributed by atoms with E-state index >= 15 is 0 Å². The summed E-state index contributed by atoms with van der Waals surface area (Å²) in [6.45, 7) is 4.09. The molecule has 2 aliphatic rings. The Kier molecular flexibility index (Phi) is 6.45. The summed E-state index contributed by atoms with van der Waals surface area (Å²) >= 11 is 6.29. The number of hydrogen-bond acceptors (Lipinski definition) is 4. The standard InChI is InChI=1S/C31H29ClFN3O4/c1-4-40-28-18(10-7-14-25(28)39-3)20-16-36-26(37)17-35(15-21-22(32)11-8-12-23(21)33)30(38)31(36,2)29-27(20)19-9-5-6-13-24(19)34-29/h5-14,20,34H,4,15-17H2,1-3H3/t20-,31+/m1/s1. The molecule has 0 aliphatic carbocycles. The Morgan fingerprint density at radius 1 is 1.10 bits per heavy atom. The second-order valence-electron chi connectivity index (χ2n) is 10.3. The number of para-hydroxylation sites is 2. The van der Waals surface area contributed by atoms with E-state index in [1.165, 1.54) is 17.0 Å². The fourth-order valence-corrected chi connectivity index (χ4v) is 6.45. The monoisotopic (exact) mass is 561 g/mol. The van der Waals surface area contributed by atoms with E-state index in [0.717, 1.165) is 22.0 Å². The van der Waals surface area contributed by atoms with E-state index in [1.54, 1.807) is 25.0 Å². The van der Waals surface area contributed by atoms with Crippen LogP contribution in [0, 0.1) is 5.82 Å². The molecular weight excluding hydrogens is 533 g/mol. The van der Waals surface area contributed by atoms with Crippen molar-refractivity contribution < 1.29 is 23.5 Å². The summed E-state index contributed by atoms with van der Waals surface area (Å²) < 4.78 is 26.4. The number of methoxy groups -OCH3 is 1. The van der Waals surface area contributed by atoms with Crippen molar-refractivity contribution in [1.29, 1.82) is 0 Å². The largest absolute Gasteiger partial charge is 0.493 e. The lowest BCUT2D eigenvalue weighted by atomic mass is 9.76. The summed E-state index contributed by atoms with van der Waals surface area (Å²) in [6.07, 6.45) is 0. The normalized spacial score (nSPS) is 20.5. The van der Waals surface area contributed by atoms with Crippen molar-refractivity contribution >= 4 is 34.3 Å². The van der Waals surface area contributed by atoms with Gasteiger partial charge in [0.25, 0.3) is 5.91 Å². The number of aromatic amines is 1. The van der Waals surface area contributed by atoms with Crippen LogP contribution in [0.1, 0.15) is 42.1 Å². The van der Waals surface area contributed by atoms with Crippen molar-refractivity contribution in [2.45, 2.75) is 31.8 Å². The van der Waals surface area contributed by atoms with Gasteiger partial charge in [-0.05, 0) is 43.7 Å². The minimum atomic E-state index is -1.33. The number of hydrogen-bond donors (Lipinski definition) is 1. The van der Waals surface area contributed by atoms with E-state index < -0.39 is 11.4 Å². The molecule has 4 aromatic rings. The number of amides is 2. The number of ether oxygens (including phenoxy) is 2. The average Bonchev–Trinajstić information content (AvgIpc) is 3.35. The molecule has 0 radical (unpaired) electrons. The summed E-state index contributed by atoms with van der Waals surface area (Å²) in [5.41, 5.74) is 2.15. The zero-order chi connectivity index (χ0) is 28.2. The Labute approximate surface area is 236 Å². The second-order valence-corrected chi connectivity index (χ2v) is 10.7. The number of nitrogens with one attached hydrogen (secondary N) is 1. The third-order valence-electron chi connectivity index (χ3n) is 8.12. The van der Waals surface area contributed by atoms with Crippen molar-refractivity contribution in [3.63, 3.8) is 0 Å². The maximum absolute atomic E-state index is 14.7. The van der Waals surface area contributed by atoms with Gasteiger partial charge in [-0.3, -0.25) is 9.59 Å². The number of nitrogens with zero attached hydrogens (tertiary/aromatic N) is 2. The van der Waals surface area contributed by atoms with E-state index in [0.29, 0.717) is 23.8 Å². The van der Waals surface area contributed by atoms with E-state index in [1.807, 2.05) is 49.4 Å². The number of rotatable bonds is 6. The number of halogens is 2. The van der Waals surface area contributed by atoms with Crippen molar-refractivity contribution in [2.75, 3.05) is 26.8 Å². The highest BCUT2D eigenvalue weighted by Crippen LogP contribution is 2.50. The predicted molar refractivity (Wildman–Crippen MR) is 150 cm³/mol. The first kappa shape index (κ1) is 26.2. The van der Waals surface area contributed by atoms with Crippen LogP contribution < -0.4 is 9.47 Å². The zero-order valence-electron chi connectivity index (χ0n) is 22.5. The molecule has 2 amide bonds. The molecule has 2 atom stereocenters. The van der Waals surface area contributed by atoms with Crippen LogP contribution in [0.3, 0.4) is 0 Å². The molecule has 0 unspecified atom stereocenters. The molecule has 7 nitrogen and oxygen atoms in total. The van der Waals surface area contributed by atoms with Gasteiger partial charge in [0.1, 0.15) is 12.4 Å². The maximum atomic E-state index is 14.7. The Bertz CT molecular complexity index is 1630. The molecule has 6 rings (SSSR count). The molecule has 1 saturated heterocycles. The van der Waals surface area contributed by atoms with Gasteiger partial charge >= 0.3 is 0 Å². The average molecular weight is 562 g/mol. The van der Waals surface area contributed by atoms with Gasteiger partial charge in [0.2, 0.25) is 5.91 Å². The molecule has 1 fully saturated rings. The van der Waals surface area contributed by atoms with Gasteiger partial charge in [-0.25, -0.2) is 4.39 Å². The van der Waals surface area contributed by atoms with Gasteiger partial charge in [-0.15, -0.1) is 0 Å². The van der Waals surface area contributed by atoms with E-state index in [4.69, 9.17) is 21.1 Å². The molecule has 1 N–H and O–H groups in total. The molecule has 3 heterocycles. The quantitative estimate of drug-likeness (QED) is 0.332. The Morgan fingerprint density at radius 2 is 1.88 bits per heavy atom. The Balaban J connectivity index is 1.53. The molecule has 0 saturated carbocycles. The second kappa shape index (κ2) is 9.86. The van der Waals surface area contributed by atoms with Gasteiger partial charge in [0.05, 0.1) is 26.0 Å². The number of benzene rings is 3. The summed E-state index contributed by atoms with van der Waals surface area (Å²) in [4.78, 5) is 34.7. The summed E-state index contributed by atoms with van der Waals surface area (Å²) in [5.74, 6) is -0.123. The number of aromatic nitrogens is 1. The van der Waals surface area contributed by atoms with E-state index in [-0.39, 0.29) is 48.0 Å². The maximum Gasteiger partial charge on any atom is 0.255 e. The first-order chi connectivity index (χ1) is 19.3. The van der Waals surface area contributed by atoms with Crippen molar-refractivity contribution in [3.05, 3.63) is 93.9 Å². The molecule has 40 heavy (non-hydrogen) atoms. The first-order valence-corrected chi connectivity index (χ1v) is 13.6. The summed E-state index contributed by atoms with van der Waals surface area (Å²) in [5, 5.41) is 1.17. The highest BCUT2D eigenvalue weighted by molar-refractivity contribution is 6.31. The Hall–Kier alpha value is -4.04. The molecule has 0 spiro atoms. The van der Waals surface area contributed by atoms with Crippen LogP contribution in [0.5, 0.6) is 11.5 Å². The smallest absolute Gasteiger partial charge is 0.255 e. The highest BCUT2D eigenvalue weighted by Gasteiger charge is 2.56.